The van der Waals surface area contributed by atoms with Gasteiger partial charge in [-0.05, 0) is 54.4 Å². The van der Waals surface area contributed by atoms with Gasteiger partial charge in [0.25, 0.3) is 11.5 Å². The lowest BCUT2D eigenvalue weighted by Gasteiger charge is -2.15. The van der Waals surface area contributed by atoms with Gasteiger partial charge in [0, 0.05) is 5.75 Å². The van der Waals surface area contributed by atoms with E-state index in [0.29, 0.717) is 42.3 Å². The van der Waals surface area contributed by atoms with Crippen LogP contribution in [0.5, 0.6) is 5.75 Å². The molecule has 3 heterocycles. The number of fused-ring (bicyclic) bond motifs is 2. The molecule has 1 amide bonds. The standard InChI is InChI=1S/C23H17ClN4O3S2/c1-12-18-21(33-19(12)20(29)25-16-6-4-3-5-15(16)24)26-23-28(22(18)30)27-17(11-32-23)13-7-9-14(31-2)10-8-13/h3-10H,11H2,1-2H3,(H,25,29). The lowest BCUT2D eigenvalue weighted by Crippen LogP contribution is -2.25. The number of thioether (sulfide) groups is 1. The largest absolute Gasteiger partial charge is 0.497 e. The Morgan fingerprint density at radius 3 is 2.67 bits per heavy atom. The summed E-state index contributed by atoms with van der Waals surface area (Å²) in [6, 6.07) is 14.5. The number of methoxy groups -OCH3 is 1. The van der Waals surface area contributed by atoms with Gasteiger partial charge in [-0.1, -0.05) is 35.5 Å². The summed E-state index contributed by atoms with van der Waals surface area (Å²) >= 11 is 8.79. The van der Waals surface area contributed by atoms with Crippen molar-refractivity contribution >= 4 is 62.2 Å². The van der Waals surface area contributed by atoms with E-state index in [9.17, 15) is 9.59 Å². The van der Waals surface area contributed by atoms with Crippen LogP contribution >= 0.6 is 34.7 Å². The van der Waals surface area contributed by atoms with E-state index in [0.717, 1.165) is 17.0 Å². The number of hydrogen-bond acceptors (Lipinski definition) is 7. The first-order valence-corrected chi connectivity index (χ1v) is 12.1. The van der Waals surface area contributed by atoms with Crippen LogP contribution in [0.4, 0.5) is 5.69 Å². The van der Waals surface area contributed by atoms with E-state index < -0.39 is 0 Å². The SMILES string of the molecule is COc1ccc(C2=Nn3c(nc4sc(C(=O)Nc5ccccc5Cl)c(C)c4c3=O)SC2)cc1. The van der Waals surface area contributed by atoms with Gasteiger partial charge in [0.15, 0.2) is 5.16 Å². The first-order valence-electron chi connectivity index (χ1n) is 9.93. The number of nitrogens with zero attached hydrogens (tertiary/aromatic N) is 3. The van der Waals surface area contributed by atoms with E-state index in [2.05, 4.69) is 15.4 Å². The molecule has 2 aromatic carbocycles. The second-order valence-electron chi connectivity index (χ2n) is 7.25. The number of hydrogen-bond donors (Lipinski definition) is 1. The third-order valence-corrected chi connectivity index (χ3v) is 7.68. The number of nitrogens with one attached hydrogen (secondary N) is 1. The Morgan fingerprint density at radius 2 is 1.94 bits per heavy atom. The number of halogens is 1. The quantitative estimate of drug-likeness (QED) is 0.400. The molecule has 0 aliphatic carbocycles. The molecule has 166 valence electrons. The molecule has 0 saturated heterocycles. The Hall–Kier alpha value is -3.14. The smallest absolute Gasteiger partial charge is 0.283 e. The minimum absolute atomic E-state index is 0.293. The van der Waals surface area contributed by atoms with E-state index in [-0.39, 0.29) is 11.5 Å². The Bertz CT molecular complexity index is 1490. The van der Waals surface area contributed by atoms with Crippen molar-refractivity contribution in [2.24, 2.45) is 5.10 Å². The maximum Gasteiger partial charge on any atom is 0.283 e. The van der Waals surface area contributed by atoms with Gasteiger partial charge in [0.05, 0.1) is 33.8 Å². The zero-order valence-corrected chi connectivity index (χ0v) is 20.0. The fourth-order valence-electron chi connectivity index (χ4n) is 3.50. The zero-order valence-electron chi connectivity index (χ0n) is 17.6. The predicted octanol–water partition coefficient (Wildman–Crippen LogP) is 5.04. The zero-order chi connectivity index (χ0) is 23.1. The van der Waals surface area contributed by atoms with Gasteiger partial charge in [-0.25, -0.2) is 4.98 Å². The van der Waals surface area contributed by atoms with Crippen molar-refractivity contribution in [3.8, 4) is 5.75 Å². The molecule has 1 N–H and O–H groups in total. The van der Waals surface area contributed by atoms with Gasteiger partial charge in [0.2, 0.25) is 0 Å². The maximum atomic E-state index is 13.4. The predicted molar refractivity (Wildman–Crippen MR) is 134 cm³/mol. The Balaban J connectivity index is 1.55. The molecule has 7 nitrogen and oxygen atoms in total. The monoisotopic (exact) mass is 496 g/mol. The minimum Gasteiger partial charge on any atom is -0.497 e. The second-order valence-corrected chi connectivity index (χ2v) is 9.59. The Morgan fingerprint density at radius 1 is 1.18 bits per heavy atom. The van der Waals surface area contributed by atoms with Crippen molar-refractivity contribution in [1.82, 2.24) is 9.66 Å². The van der Waals surface area contributed by atoms with Gasteiger partial charge < -0.3 is 10.1 Å². The number of amides is 1. The number of carbonyl (C=O) groups excluding carboxylic acids is 1. The summed E-state index contributed by atoms with van der Waals surface area (Å²) in [5.74, 6) is 0.996. The third kappa shape index (κ3) is 3.92. The van der Waals surface area contributed by atoms with Gasteiger partial charge in [-0.3, -0.25) is 9.59 Å². The summed E-state index contributed by atoms with van der Waals surface area (Å²) in [6.45, 7) is 1.75. The number of aryl methyl sites for hydroxylation is 1. The fraction of sp³-hybridized carbons (Fsp3) is 0.130. The highest BCUT2D eigenvalue weighted by atomic mass is 35.5. The van der Waals surface area contributed by atoms with Crippen LogP contribution in [-0.2, 0) is 0 Å². The molecule has 0 atom stereocenters. The third-order valence-electron chi connectivity index (χ3n) is 5.22. The number of ether oxygens (including phenoxy) is 1. The molecular weight excluding hydrogens is 480 g/mol. The summed E-state index contributed by atoms with van der Waals surface area (Å²) in [7, 11) is 1.61. The van der Waals surface area contributed by atoms with E-state index in [1.54, 1.807) is 38.3 Å². The highest BCUT2D eigenvalue weighted by molar-refractivity contribution is 7.99. The molecule has 0 radical (unpaired) electrons. The van der Waals surface area contributed by atoms with Gasteiger partial charge in [-0.15, -0.1) is 11.3 Å². The van der Waals surface area contributed by atoms with Crippen molar-refractivity contribution in [2.75, 3.05) is 18.2 Å². The van der Waals surface area contributed by atoms with Crippen LogP contribution in [0.2, 0.25) is 5.02 Å². The lowest BCUT2D eigenvalue weighted by atomic mass is 10.1. The molecule has 0 unspecified atom stereocenters. The molecule has 1 aliphatic rings. The highest BCUT2D eigenvalue weighted by Crippen LogP contribution is 2.32. The molecule has 0 bridgehead atoms. The van der Waals surface area contributed by atoms with Gasteiger partial charge >= 0.3 is 0 Å². The lowest BCUT2D eigenvalue weighted by molar-refractivity contribution is 0.103. The number of rotatable bonds is 4. The van der Waals surface area contributed by atoms with Crippen LogP contribution in [0.3, 0.4) is 0 Å². The highest BCUT2D eigenvalue weighted by Gasteiger charge is 2.24. The molecule has 2 aromatic heterocycles. The topological polar surface area (TPSA) is 85.6 Å². The van der Waals surface area contributed by atoms with E-state index in [4.69, 9.17) is 16.3 Å². The van der Waals surface area contributed by atoms with Crippen LogP contribution in [0.1, 0.15) is 20.8 Å². The molecule has 5 rings (SSSR count). The van der Waals surface area contributed by atoms with E-state index in [1.165, 1.54) is 27.8 Å². The average Bonchev–Trinajstić information content (AvgIpc) is 3.17. The average molecular weight is 497 g/mol. The molecule has 4 aromatic rings. The first-order chi connectivity index (χ1) is 16.0. The molecule has 33 heavy (non-hydrogen) atoms. The van der Waals surface area contributed by atoms with E-state index in [1.807, 2.05) is 24.3 Å². The Kier molecular flexibility index (Phi) is 5.69. The molecule has 1 aliphatic heterocycles. The van der Waals surface area contributed by atoms with E-state index >= 15 is 0 Å². The number of para-hydroxylation sites is 1. The number of benzene rings is 2. The fourth-order valence-corrected chi connectivity index (χ4v) is 5.70. The summed E-state index contributed by atoms with van der Waals surface area (Å²) in [4.78, 5) is 31.9. The van der Waals surface area contributed by atoms with Crippen molar-refractivity contribution in [3.05, 3.63) is 79.9 Å². The van der Waals surface area contributed by atoms with Crippen molar-refractivity contribution < 1.29 is 9.53 Å². The number of anilines is 1. The summed E-state index contributed by atoms with van der Waals surface area (Å²) in [5, 5.41) is 8.73. The second kappa shape index (κ2) is 8.66. The van der Waals surface area contributed by atoms with Gasteiger partial charge in [0.1, 0.15) is 10.6 Å². The van der Waals surface area contributed by atoms with Crippen LogP contribution in [-0.4, -0.2) is 34.1 Å². The van der Waals surface area contributed by atoms with Crippen molar-refractivity contribution in [2.45, 2.75) is 12.1 Å². The van der Waals surface area contributed by atoms with Crippen molar-refractivity contribution in [3.63, 3.8) is 0 Å². The molecule has 0 fully saturated rings. The summed E-state index contributed by atoms with van der Waals surface area (Å²) < 4.78 is 6.53. The maximum absolute atomic E-state index is 13.4. The molecular formula is C23H17ClN4O3S2. The van der Waals surface area contributed by atoms with Crippen LogP contribution in [0, 0.1) is 6.92 Å². The number of aromatic nitrogens is 2. The van der Waals surface area contributed by atoms with Crippen LogP contribution < -0.4 is 15.6 Å². The summed E-state index contributed by atoms with van der Waals surface area (Å²) in [6.07, 6.45) is 0. The summed E-state index contributed by atoms with van der Waals surface area (Å²) in [5.41, 5.74) is 2.46. The number of carbonyl (C=O) groups is 1. The first kappa shape index (κ1) is 21.7. The minimum atomic E-state index is -0.332. The molecule has 0 spiro atoms. The normalized spacial score (nSPS) is 12.9. The van der Waals surface area contributed by atoms with Gasteiger partial charge in [-0.2, -0.15) is 9.78 Å². The molecule has 0 saturated carbocycles. The van der Waals surface area contributed by atoms with Crippen LogP contribution in [0.25, 0.3) is 10.2 Å². The number of thiophene rings is 1. The Labute approximate surface area is 202 Å². The van der Waals surface area contributed by atoms with Crippen molar-refractivity contribution in [1.29, 1.82) is 0 Å². The van der Waals surface area contributed by atoms with Crippen LogP contribution in [0.15, 0.2) is 63.6 Å². The molecule has 10 heteroatoms.